The van der Waals surface area contributed by atoms with Gasteiger partial charge < -0.3 is 15.7 Å². The number of aryl methyl sites for hydroxylation is 2. The number of aliphatic hydroxyl groups is 1. The fraction of sp³-hybridized carbons (Fsp3) is 0.273. The first-order valence-electron chi connectivity index (χ1n) is 9.35. The van der Waals surface area contributed by atoms with Gasteiger partial charge in [-0.3, -0.25) is 4.79 Å². The Balaban J connectivity index is 1.94. The van der Waals surface area contributed by atoms with E-state index in [0.29, 0.717) is 22.5 Å². The summed E-state index contributed by atoms with van der Waals surface area (Å²) in [5.41, 5.74) is 8.59. The van der Waals surface area contributed by atoms with Gasteiger partial charge in [0.15, 0.2) is 0 Å². The van der Waals surface area contributed by atoms with Crippen LogP contribution < -0.4 is 10.6 Å². The molecule has 4 rings (SSSR count). The van der Waals surface area contributed by atoms with E-state index in [1.807, 2.05) is 63.2 Å². The Labute approximate surface area is 164 Å². The minimum atomic E-state index is -1.86. The number of fused-ring (bicyclic) bond motifs is 1. The first kappa shape index (κ1) is 18.3. The number of carbonyl (C=O) groups excluding carboxylic acids is 1. The number of nitrogens with two attached hydrogens (primary N) is 1. The second-order valence-electron chi connectivity index (χ2n) is 7.59. The summed E-state index contributed by atoms with van der Waals surface area (Å²) in [5, 5.41) is 16.3. The van der Waals surface area contributed by atoms with Crippen LogP contribution in [0.5, 0.6) is 0 Å². The van der Waals surface area contributed by atoms with Gasteiger partial charge in [0.1, 0.15) is 5.82 Å². The van der Waals surface area contributed by atoms with Crippen molar-refractivity contribution in [2.45, 2.75) is 39.3 Å². The van der Waals surface area contributed by atoms with Gasteiger partial charge in [0.25, 0.3) is 5.91 Å². The molecule has 0 fully saturated rings. The highest BCUT2D eigenvalue weighted by molar-refractivity contribution is 6.10. The van der Waals surface area contributed by atoms with Gasteiger partial charge in [-0.15, -0.1) is 0 Å². The van der Waals surface area contributed by atoms with Gasteiger partial charge in [0, 0.05) is 11.6 Å². The highest BCUT2D eigenvalue weighted by Gasteiger charge is 2.54. The lowest BCUT2D eigenvalue weighted by Crippen LogP contribution is -2.44. The molecule has 1 aromatic heterocycles. The number of carbonyl (C=O) groups is 1. The number of hydrogen-bond donors (Lipinski definition) is 2. The Morgan fingerprint density at radius 1 is 1.07 bits per heavy atom. The summed E-state index contributed by atoms with van der Waals surface area (Å²) in [6.45, 7) is 7.62. The number of hydrogen-bond acceptors (Lipinski definition) is 4. The molecule has 28 heavy (non-hydrogen) atoms. The van der Waals surface area contributed by atoms with Crippen molar-refractivity contribution < 1.29 is 9.90 Å². The molecule has 0 spiro atoms. The lowest BCUT2D eigenvalue weighted by atomic mass is 9.87. The molecule has 1 aliphatic rings. The van der Waals surface area contributed by atoms with E-state index in [9.17, 15) is 9.90 Å². The zero-order chi connectivity index (χ0) is 20.2. The van der Waals surface area contributed by atoms with Crippen LogP contribution in [0.3, 0.4) is 0 Å². The fourth-order valence-electron chi connectivity index (χ4n) is 4.02. The van der Waals surface area contributed by atoms with Crippen LogP contribution in [-0.2, 0) is 10.4 Å². The minimum Gasteiger partial charge on any atom is -0.383 e. The van der Waals surface area contributed by atoms with Crippen LogP contribution in [0.25, 0.3) is 5.69 Å². The molecule has 0 saturated carbocycles. The summed E-state index contributed by atoms with van der Waals surface area (Å²) in [7, 11) is 0. The van der Waals surface area contributed by atoms with Crippen molar-refractivity contribution in [1.29, 1.82) is 0 Å². The molecule has 144 valence electrons. The van der Waals surface area contributed by atoms with Crippen LogP contribution in [0.15, 0.2) is 48.5 Å². The molecule has 1 aliphatic heterocycles. The van der Waals surface area contributed by atoms with E-state index < -0.39 is 11.5 Å². The molecular weight excluding hydrogens is 352 g/mol. The third-order valence-corrected chi connectivity index (χ3v) is 5.33. The number of amides is 1. The van der Waals surface area contributed by atoms with Crippen molar-refractivity contribution in [2.24, 2.45) is 0 Å². The van der Waals surface area contributed by atoms with Gasteiger partial charge in [-0.25, -0.2) is 4.68 Å². The third-order valence-electron chi connectivity index (χ3n) is 5.33. The Kier molecular flexibility index (Phi) is 4.05. The molecule has 0 bridgehead atoms. The second-order valence-corrected chi connectivity index (χ2v) is 7.59. The standard InChI is InChI=1S/C22H24N4O2/c1-13(2)25-18-8-6-5-7-17(18)22(28,21(25)27)19-15(4)24-26(20(19)23)16-11-9-14(3)10-12-16/h5-13,28H,23H2,1-4H3/t22-/m0/s1. The van der Waals surface area contributed by atoms with E-state index >= 15 is 0 Å². The number of nitrogens with zero attached hydrogens (tertiary/aromatic N) is 3. The maximum Gasteiger partial charge on any atom is 0.268 e. The lowest BCUT2D eigenvalue weighted by molar-refractivity contribution is -0.132. The highest BCUT2D eigenvalue weighted by Crippen LogP contribution is 2.47. The van der Waals surface area contributed by atoms with Crippen molar-refractivity contribution in [3.63, 3.8) is 0 Å². The zero-order valence-corrected chi connectivity index (χ0v) is 16.5. The van der Waals surface area contributed by atoms with Crippen molar-refractivity contribution in [1.82, 2.24) is 9.78 Å². The normalized spacial score (nSPS) is 18.8. The van der Waals surface area contributed by atoms with Crippen LogP contribution in [0.4, 0.5) is 11.5 Å². The fourth-order valence-corrected chi connectivity index (χ4v) is 4.02. The van der Waals surface area contributed by atoms with Gasteiger partial charge in [0.2, 0.25) is 5.60 Å². The van der Waals surface area contributed by atoms with E-state index in [1.54, 1.807) is 22.6 Å². The van der Waals surface area contributed by atoms with Crippen LogP contribution in [0, 0.1) is 13.8 Å². The summed E-state index contributed by atoms with van der Waals surface area (Å²) in [5.74, 6) is -0.139. The second kappa shape index (κ2) is 6.21. The smallest absolute Gasteiger partial charge is 0.268 e. The van der Waals surface area contributed by atoms with Crippen molar-refractivity contribution in [3.05, 3.63) is 70.9 Å². The predicted molar refractivity (Wildman–Crippen MR) is 110 cm³/mol. The number of nitrogen functional groups attached to an aromatic ring is 1. The molecule has 2 heterocycles. The predicted octanol–water partition coefficient (Wildman–Crippen LogP) is 3.06. The summed E-state index contributed by atoms with van der Waals surface area (Å²) in [4.78, 5) is 15.0. The minimum absolute atomic E-state index is 0.101. The molecule has 0 unspecified atom stereocenters. The van der Waals surface area contributed by atoms with E-state index in [2.05, 4.69) is 5.10 Å². The number of benzene rings is 2. The molecule has 3 aromatic rings. The van der Waals surface area contributed by atoms with Gasteiger partial charge in [-0.1, -0.05) is 35.9 Å². The number of aromatic nitrogens is 2. The average Bonchev–Trinajstić information content (AvgIpc) is 3.08. The largest absolute Gasteiger partial charge is 0.383 e. The first-order chi connectivity index (χ1) is 13.3. The maximum atomic E-state index is 13.4. The molecule has 0 radical (unpaired) electrons. The molecule has 6 heteroatoms. The summed E-state index contributed by atoms with van der Waals surface area (Å²) >= 11 is 0. The van der Waals surface area contributed by atoms with E-state index in [0.717, 1.165) is 11.3 Å². The lowest BCUT2D eigenvalue weighted by Gasteiger charge is -2.26. The Bertz CT molecular complexity index is 1070. The van der Waals surface area contributed by atoms with Gasteiger partial charge >= 0.3 is 0 Å². The van der Waals surface area contributed by atoms with Crippen LogP contribution in [-0.4, -0.2) is 26.8 Å². The summed E-state index contributed by atoms with van der Waals surface area (Å²) in [6.07, 6.45) is 0. The van der Waals surface area contributed by atoms with Crippen LogP contribution in [0.1, 0.15) is 36.2 Å². The molecule has 0 aliphatic carbocycles. The first-order valence-corrected chi connectivity index (χ1v) is 9.35. The molecule has 6 nitrogen and oxygen atoms in total. The van der Waals surface area contributed by atoms with Crippen molar-refractivity contribution in [3.8, 4) is 5.69 Å². The zero-order valence-electron chi connectivity index (χ0n) is 16.5. The molecular formula is C22H24N4O2. The number of anilines is 2. The van der Waals surface area contributed by atoms with Gasteiger partial charge in [-0.2, -0.15) is 5.10 Å². The van der Waals surface area contributed by atoms with Crippen LogP contribution in [0.2, 0.25) is 0 Å². The molecule has 1 amide bonds. The number of rotatable bonds is 3. The summed E-state index contributed by atoms with van der Waals surface area (Å²) < 4.78 is 1.58. The van der Waals surface area contributed by atoms with Crippen LogP contribution >= 0.6 is 0 Å². The van der Waals surface area contributed by atoms with E-state index in [1.165, 1.54) is 0 Å². The van der Waals surface area contributed by atoms with Gasteiger partial charge in [-0.05, 0) is 45.9 Å². The van der Waals surface area contributed by atoms with Gasteiger partial charge in [0.05, 0.1) is 22.6 Å². The summed E-state index contributed by atoms with van der Waals surface area (Å²) in [6, 6.07) is 15.0. The highest BCUT2D eigenvalue weighted by atomic mass is 16.3. The monoisotopic (exact) mass is 376 g/mol. The Morgan fingerprint density at radius 2 is 1.71 bits per heavy atom. The Hall–Kier alpha value is -3.12. The van der Waals surface area contributed by atoms with Crippen molar-refractivity contribution >= 4 is 17.4 Å². The third kappa shape index (κ3) is 2.38. The van der Waals surface area contributed by atoms with E-state index in [-0.39, 0.29) is 11.9 Å². The SMILES string of the molecule is Cc1ccc(-n2nc(C)c([C@]3(O)C(=O)N(C(C)C)c4ccccc43)c2N)cc1. The molecule has 2 aromatic carbocycles. The average molecular weight is 376 g/mol. The number of para-hydroxylation sites is 1. The Morgan fingerprint density at radius 3 is 2.36 bits per heavy atom. The molecule has 3 N–H and O–H groups in total. The molecule has 1 atom stereocenters. The molecule has 0 saturated heterocycles. The topological polar surface area (TPSA) is 84.4 Å². The maximum absolute atomic E-state index is 13.4. The van der Waals surface area contributed by atoms with Crippen molar-refractivity contribution in [2.75, 3.05) is 10.6 Å². The quantitative estimate of drug-likeness (QED) is 0.736. The van der Waals surface area contributed by atoms with E-state index in [4.69, 9.17) is 5.73 Å².